The second kappa shape index (κ2) is 6.64. The maximum atomic E-state index is 12.5. The molecule has 1 aromatic rings. The zero-order valence-corrected chi connectivity index (χ0v) is 11.2. The molecule has 18 heavy (non-hydrogen) atoms. The molecule has 0 N–H and O–H groups in total. The van der Waals surface area contributed by atoms with Gasteiger partial charge in [0.05, 0.1) is 13.2 Å². The van der Waals surface area contributed by atoms with Crippen LogP contribution in [0.1, 0.15) is 25.2 Å². The number of nitrogens with zero attached hydrogens (tertiary/aromatic N) is 1. The number of hydrogen-bond acceptors (Lipinski definition) is 5. The molecule has 1 rings (SSSR count). The Morgan fingerprint density at radius 2 is 1.72 bits per heavy atom. The molecule has 0 saturated heterocycles. The van der Waals surface area contributed by atoms with Gasteiger partial charge in [0.1, 0.15) is 0 Å². The van der Waals surface area contributed by atoms with Crippen LogP contribution in [0, 0.1) is 10.1 Å². The van der Waals surface area contributed by atoms with E-state index in [2.05, 4.69) is 0 Å². The fraction of sp³-hybridized carbons (Fsp3) is 0.455. The highest BCUT2D eigenvalue weighted by atomic mass is 31.2. The summed E-state index contributed by atoms with van der Waals surface area (Å²) in [6.45, 7) is 3.42. The maximum absolute atomic E-state index is 12.5. The van der Waals surface area contributed by atoms with Gasteiger partial charge in [-0.15, -0.1) is 0 Å². The molecule has 100 valence electrons. The van der Waals surface area contributed by atoms with E-state index in [1.165, 1.54) is 12.1 Å². The summed E-state index contributed by atoms with van der Waals surface area (Å²) in [4.78, 5) is 10.5. The predicted octanol–water partition coefficient (Wildman–Crippen LogP) is 3.23. The van der Waals surface area contributed by atoms with E-state index < -0.39 is 18.3 Å². The van der Waals surface area contributed by atoms with Gasteiger partial charge in [0, 0.05) is 10.5 Å². The lowest BCUT2D eigenvalue weighted by Crippen LogP contribution is -2.15. The minimum Gasteiger partial charge on any atom is -0.304 e. The van der Waals surface area contributed by atoms with Gasteiger partial charge in [0.25, 0.3) is 0 Å². The van der Waals surface area contributed by atoms with Crippen LogP contribution in [-0.4, -0.2) is 18.1 Å². The van der Waals surface area contributed by atoms with E-state index in [1.54, 1.807) is 32.0 Å². The molecular formula is C11H16NO5P. The molecule has 7 heteroatoms. The molecule has 0 saturated carbocycles. The van der Waals surface area contributed by atoms with Crippen LogP contribution in [0.5, 0.6) is 0 Å². The second-order valence-electron chi connectivity index (χ2n) is 3.45. The lowest BCUT2D eigenvalue weighted by atomic mass is 10.2. The highest BCUT2D eigenvalue weighted by molar-refractivity contribution is 7.54. The topological polar surface area (TPSA) is 78.7 Å². The summed E-state index contributed by atoms with van der Waals surface area (Å²) in [5, 5.41) is 11.2. The molecule has 0 radical (unpaired) electrons. The monoisotopic (exact) mass is 273 g/mol. The Balaban J connectivity index is 3.18. The van der Waals surface area contributed by atoms with Crippen molar-refractivity contribution in [3.05, 3.63) is 46.0 Å². The Labute approximate surface area is 106 Å². The van der Waals surface area contributed by atoms with Crippen LogP contribution < -0.4 is 0 Å². The molecule has 1 aromatic carbocycles. The first-order valence-corrected chi connectivity index (χ1v) is 7.23. The Bertz CT molecular complexity index is 426. The molecular weight excluding hydrogens is 257 g/mol. The first kappa shape index (κ1) is 14.8. The summed E-state index contributed by atoms with van der Waals surface area (Å²) in [5.41, 5.74) is 0.313. The van der Waals surface area contributed by atoms with Crippen molar-refractivity contribution in [3.8, 4) is 0 Å². The van der Waals surface area contributed by atoms with E-state index in [9.17, 15) is 14.7 Å². The molecule has 0 heterocycles. The summed E-state index contributed by atoms with van der Waals surface area (Å²) in [7, 11) is -3.81. The molecule has 1 atom stereocenters. The Kier molecular flexibility index (Phi) is 5.47. The summed E-state index contributed by atoms with van der Waals surface area (Å²) in [5.74, 6) is -1.49. The average molecular weight is 273 g/mol. The summed E-state index contributed by atoms with van der Waals surface area (Å²) in [6.07, 6.45) is 0. The molecule has 0 spiro atoms. The van der Waals surface area contributed by atoms with Crippen molar-refractivity contribution < 1.29 is 18.5 Å². The van der Waals surface area contributed by atoms with Gasteiger partial charge in [-0.05, 0) is 13.8 Å². The van der Waals surface area contributed by atoms with Crippen molar-refractivity contribution in [1.82, 2.24) is 0 Å². The number of rotatable bonds is 7. The largest absolute Gasteiger partial charge is 0.408 e. The third-order valence-electron chi connectivity index (χ3n) is 2.22. The zero-order valence-electron chi connectivity index (χ0n) is 10.3. The lowest BCUT2D eigenvalue weighted by molar-refractivity contribution is -0.507. The molecule has 0 aliphatic rings. The first-order valence-electron chi connectivity index (χ1n) is 5.62. The van der Waals surface area contributed by atoms with Crippen LogP contribution in [0.25, 0.3) is 0 Å². The van der Waals surface area contributed by atoms with Gasteiger partial charge in [-0.2, -0.15) is 0 Å². The third kappa shape index (κ3) is 3.38. The van der Waals surface area contributed by atoms with Gasteiger partial charge < -0.3 is 9.05 Å². The molecule has 0 fully saturated rings. The molecule has 0 aliphatic heterocycles. The standard InChI is InChI=1S/C11H16NO5P/c1-3-16-18(15,17-4-2)11(12(13)14)10-8-6-5-7-9-10/h5-9,11H,3-4H2,1-2H3. The predicted molar refractivity (Wildman–Crippen MR) is 67.0 cm³/mol. The van der Waals surface area contributed by atoms with Crippen molar-refractivity contribution in [1.29, 1.82) is 0 Å². The third-order valence-corrected chi connectivity index (χ3v) is 4.54. The van der Waals surface area contributed by atoms with E-state index in [0.29, 0.717) is 5.56 Å². The Hall–Kier alpha value is -1.23. The highest BCUT2D eigenvalue weighted by Crippen LogP contribution is 2.60. The fourth-order valence-electron chi connectivity index (χ4n) is 1.58. The van der Waals surface area contributed by atoms with Crippen molar-refractivity contribution in [2.75, 3.05) is 13.2 Å². The van der Waals surface area contributed by atoms with E-state index >= 15 is 0 Å². The fourth-order valence-corrected chi connectivity index (χ4v) is 3.43. The number of benzene rings is 1. The second-order valence-corrected chi connectivity index (χ2v) is 5.53. The van der Waals surface area contributed by atoms with E-state index in [4.69, 9.17) is 9.05 Å². The molecule has 0 amide bonds. The quantitative estimate of drug-likeness (QED) is 0.433. The van der Waals surface area contributed by atoms with Gasteiger partial charge in [-0.25, -0.2) is 0 Å². The van der Waals surface area contributed by atoms with Crippen molar-refractivity contribution in [2.24, 2.45) is 0 Å². The van der Waals surface area contributed by atoms with Gasteiger partial charge in [-0.3, -0.25) is 14.7 Å². The first-order chi connectivity index (χ1) is 8.55. The van der Waals surface area contributed by atoms with Crippen molar-refractivity contribution in [2.45, 2.75) is 19.6 Å². The van der Waals surface area contributed by atoms with Crippen molar-refractivity contribution >= 4 is 7.60 Å². The van der Waals surface area contributed by atoms with Crippen LogP contribution in [0.2, 0.25) is 0 Å². The van der Waals surface area contributed by atoms with Gasteiger partial charge >= 0.3 is 13.4 Å². The number of hydrogen-bond donors (Lipinski definition) is 0. The summed E-state index contributed by atoms with van der Waals surface area (Å²) >= 11 is 0. The van der Waals surface area contributed by atoms with E-state index in [-0.39, 0.29) is 13.2 Å². The minimum absolute atomic E-state index is 0.0917. The van der Waals surface area contributed by atoms with Crippen molar-refractivity contribution in [3.63, 3.8) is 0 Å². The van der Waals surface area contributed by atoms with E-state index in [0.717, 1.165) is 0 Å². The highest BCUT2D eigenvalue weighted by Gasteiger charge is 2.46. The summed E-state index contributed by atoms with van der Waals surface area (Å²) in [6, 6.07) is 8.10. The van der Waals surface area contributed by atoms with Crippen LogP contribution in [0.3, 0.4) is 0 Å². The lowest BCUT2D eigenvalue weighted by Gasteiger charge is -2.20. The van der Waals surface area contributed by atoms with Crippen LogP contribution >= 0.6 is 7.60 Å². The molecule has 0 aliphatic carbocycles. The molecule has 6 nitrogen and oxygen atoms in total. The minimum atomic E-state index is -3.81. The molecule has 0 bridgehead atoms. The van der Waals surface area contributed by atoms with Gasteiger partial charge in [0.2, 0.25) is 0 Å². The zero-order chi connectivity index (χ0) is 13.6. The van der Waals surface area contributed by atoms with Crippen LogP contribution in [0.15, 0.2) is 30.3 Å². The number of nitro groups is 1. The Morgan fingerprint density at radius 1 is 1.22 bits per heavy atom. The smallest absolute Gasteiger partial charge is 0.304 e. The van der Waals surface area contributed by atoms with Crippen LogP contribution in [0.4, 0.5) is 0 Å². The SMILES string of the molecule is CCOP(=O)(OCC)C(c1ccccc1)[N+](=O)[O-]. The van der Waals surface area contributed by atoms with Gasteiger partial charge in [-0.1, -0.05) is 30.3 Å². The molecule has 0 aromatic heterocycles. The Morgan fingerprint density at radius 3 is 2.11 bits per heavy atom. The molecule has 1 unspecified atom stereocenters. The summed E-state index contributed by atoms with van der Waals surface area (Å²) < 4.78 is 22.5. The van der Waals surface area contributed by atoms with E-state index in [1.807, 2.05) is 0 Å². The maximum Gasteiger partial charge on any atom is 0.408 e. The van der Waals surface area contributed by atoms with Crippen LogP contribution in [-0.2, 0) is 13.6 Å². The average Bonchev–Trinajstić information content (AvgIpc) is 2.30. The van der Waals surface area contributed by atoms with Gasteiger partial charge in [0.15, 0.2) is 0 Å². The normalized spacial score (nSPS) is 13.2.